The average molecular weight is 255 g/mol. The molecule has 0 amide bonds. The van der Waals surface area contributed by atoms with Crippen LogP contribution in [-0.4, -0.2) is 13.1 Å². The lowest BCUT2D eigenvalue weighted by Crippen LogP contribution is -2.27. The van der Waals surface area contributed by atoms with Gasteiger partial charge in [-0.25, -0.2) is 0 Å². The maximum absolute atomic E-state index is 3.55. The van der Waals surface area contributed by atoms with Gasteiger partial charge in [-0.1, -0.05) is 79.6 Å². The molecule has 0 bridgehead atoms. The molecule has 0 aliphatic heterocycles. The summed E-state index contributed by atoms with van der Waals surface area (Å²) in [5.74, 6) is 0.888. The zero-order valence-corrected chi connectivity index (χ0v) is 13.6. The molecule has 0 aromatic carbocycles. The van der Waals surface area contributed by atoms with Crippen molar-refractivity contribution in [3.8, 4) is 0 Å². The molecule has 0 radical (unpaired) electrons. The highest BCUT2D eigenvalue weighted by atomic mass is 14.9. The quantitative estimate of drug-likeness (QED) is 0.487. The second kappa shape index (κ2) is 10.8. The van der Waals surface area contributed by atoms with E-state index in [1.165, 1.54) is 57.9 Å². The van der Waals surface area contributed by atoms with Gasteiger partial charge in [0.25, 0.3) is 0 Å². The third-order valence-electron chi connectivity index (χ3n) is 3.29. The zero-order chi connectivity index (χ0) is 13.9. The number of hydrogen-bond acceptors (Lipinski definition) is 1. The standard InChI is InChI=1S/C17H37N/c1-16(2)13-11-9-7-6-8-10-12-14-18-15-17(3,4)5/h16,18H,6-15H2,1-5H3. The van der Waals surface area contributed by atoms with E-state index in [1.54, 1.807) is 0 Å². The Morgan fingerprint density at radius 2 is 1.28 bits per heavy atom. The van der Waals surface area contributed by atoms with Gasteiger partial charge in [0.15, 0.2) is 0 Å². The molecule has 0 aromatic rings. The molecule has 110 valence electrons. The Kier molecular flexibility index (Phi) is 10.8. The van der Waals surface area contributed by atoms with Crippen LogP contribution < -0.4 is 5.32 Å². The second-order valence-corrected chi connectivity index (χ2v) is 7.39. The van der Waals surface area contributed by atoms with Gasteiger partial charge in [-0.2, -0.15) is 0 Å². The van der Waals surface area contributed by atoms with Gasteiger partial charge in [0.1, 0.15) is 0 Å². The van der Waals surface area contributed by atoms with Crippen molar-refractivity contribution in [3.63, 3.8) is 0 Å². The Morgan fingerprint density at radius 3 is 1.78 bits per heavy atom. The Labute approximate surface area is 116 Å². The minimum atomic E-state index is 0.427. The molecule has 0 spiro atoms. The van der Waals surface area contributed by atoms with Crippen LogP contribution in [0, 0.1) is 11.3 Å². The largest absolute Gasteiger partial charge is 0.316 e. The van der Waals surface area contributed by atoms with E-state index in [9.17, 15) is 0 Å². The molecule has 0 atom stereocenters. The third kappa shape index (κ3) is 16.0. The fourth-order valence-corrected chi connectivity index (χ4v) is 2.15. The molecule has 0 aliphatic carbocycles. The van der Waals surface area contributed by atoms with Gasteiger partial charge in [-0.05, 0) is 30.8 Å². The monoisotopic (exact) mass is 255 g/mol. The van der Waals surface area contributed by atoms with Crippen LogP contribution in [-0.2, 0) is 0 Å². The highest BCUT2D eigenvalue weighted by Crippen LogP contribution is 2.12. The summed E-state index contributed by atoms with van der Waals surface area (Å²) in [7, 11) is 0. The van der Waals surface area contributed by atoms with E-state index < -0.39 is 0 Å². The number of rotatable bonds is 11. The van der Waals surface area contributed by atoms with Crippen LogP contribution in [0.1, 0.15) is 86.0 Å². The number of unbranched alkanes of at least 4 members (excludes halogenated alkanes) is 6. The van der Waals surface area contributed by atoms with Crippen molar-refractivity contribution in [2.75, 3.05) is 13.1 Å². The first kappa shape index (κ1) is 18.0. The summed E-state index contributed by atoms with van der Waals surface area (Å²) in [6.45, 7) is 13.9. The van der Waals surface area contributed by atoms with E-state index in [4.69, 9.17) is 0 Å². The smallest absolute Gasteiger partial charge is 0.0000126 e. The summed E-state index contributed by atoms with van der Waals surface area (Å²) in [5.41, 5.74) is 0.427. The van der Waals surface area contributed by atoms with Gasteiger partial charge in [0, 0.05) is 0 Å². The fourth-order valence-electron chi connectivity index (χ4n) is 2.15. The number of hydrogen-bond donors (Lipinski definition) is 1. The van der Waals surface area contributed by atoms with Crippen molar-refractivity contribution in [1.29, 1.82) is 0 Å². The van der Waals surface area contributed by atoms with Crippen LogP contribution >= 0.6 is 0 Å². The Morgan fingerprint density at radius 1 is 0.778 bits per heavy atom. The fraction of sp³-hybridized carbons (Fsp3) is 1.00. The molecular formula is C17H37N. The van der Waals surface area contributed by atoms with E-state index in [0.29, 0.717) is 5.41 Å². The van der Waals surface area contributed by atoms with E-state index in [0.717, 1.165) is 12.5 Å². The predicted octanol–water partition coefficient (Wildman–Crippen LogP) is 5.40. The van der Waals surface area contributed by atoms with Crippen molar-refractivity contribution in [1.82, 2.24) is 5.32 Å². The highest BCUT2D eigenvalue weighted by Gasteiger charge is 2.07. The molecule has 0 saturated carbocycles. The van der Waals surface area contributed by atoms with Gasteiger partial charge < -0.3 is 5.32 Å². The van der Waals surface area contributed by atoms with Crippen molar-refractivity contribution in [2.45, 2.75) is 86.0 Å². The van der Waals surface area contributed by atoms with Crippen LogP contribution in [0.2, 0.25) is 0 Å². The van der Waals surface area contributed by atoms with Crippen molar-refractivity contribution >= 4 is 0 Å². The van der Waals surface area contributed by atoms with E-state index in [-0.39, 0.29) is 0 Å². The molecule has 0 rings (SSSR count). The van der Waals surface area contributed by atoms with Crippen LogP contribution in [0.15, 0.2) is 0 Å². The SMILES string of the molecule is CC(C)CCCCCCCCCNCC(C)(C)C. The van der Waals surface area contributed by atoms with E-state index in [2.05, 4.69) is 39.9 Å². The molecule has 0 aliphatic rings. The van der Waals surface area contributed by atoms with Gasteiger partial charge in [0.05, 0.1) is 0 Å². The van der Waals surface area contributed by atoms with E-state index >= 15 is 0 Å². The lowest BCUT2D eigenvalue weighted by molar-refractivity contribution is 0.377. The number of nitrogens with one attached hydrogen (secondary N) is 1. The zero-order valence-electron chi connectivity index (χ0n) is 13.6. The molecule has 0 aromatic heterocycles. The highest BCUT2D eigenvalue weighted by molar-refractivity contribution is 4.64. The summed E-state index contributed by atoms with van der Waals surface area (Å²) in [4.78, 5) is 0. The topological polar surface area (TPSA) is 12.0 Å². The lowest BCUT2D eigenvalue weighted by Gasteiger charge is -2.18. The summed E-state index contributed by atoms with van der Waals surface area (Å²) in [5, 5.41) is 3.55. The van der Waals surface area contributed by atoms with Crippen LogP contribution in [0.3, 0.4) is 0 Å². The van der Waals surface area contributed by atoms with Gasteiger partial charge in [-0.15, -0.1) is 0 Å². The molecule has 1 N–H and O–H groups in total. The van der Waals surface area contributed by atoms with Gasteiger partial charge in [0.2, 0.25) is 0 Å². The average Bonchev–Trinajstić information content (AvgIpc) is 2.24. The Hall–Kier alpha value is -0.0400. The molecule has 0 fully saturated rings. The maximum atomic E-state index is 3.55. The third-order valence-corrected chi connectivity index (χ3v) is 3.29. The molecule has 1 heteroatoms. The summed E-state index contributed by atoms with van der Waals surface area (Å²) in [6.07, 6.45) is 11.4. The molecule has 0 unspecified atom stereocenters. The van der Waals surface area contributed by atoms with Crippen LogP contribution in [0.25, 0.3) is 0 Å². The summed E-state index contributed by atoms with van der Waals surface area (Å²) >= 11 is 0. The molecule has 0 heterocycles. The minimum absolute atomic E-state index is 0.427. The van der Waals surface area contributed by atoms with Crippen molar-refractivity contribution in [3.05, 3.63) is 0 Å². The van der Waals surface area contributed by atoms with Gasteiger partial charge >= 0.3 is 0 Å². The van der Waals surface area contributed by atoms with Crippen LogP contribution in [0.4, 0.5) is 0 Å². The first-order valence-corrected chi connectivity index (χ1v) is 8.12. The van der Waals surface area contributed by atoms with Crippen molar-refractivity contribution in [2.24, 2.45) is 11.3 Å². The first-order chi connectivity index (χ1) is 8.42. The van der Waals surface area contributed by atoms with Crippen molar-refractivity contribution < 1.29 is 0 Å². The molecular weight excluding hydrogens is 218 g/mol. The van der Waals surface area contributed by atoms with Crippen LogP contribution in [0.5, 0.6) is 0 Å². The maximum Gasteiger partial charge on any atom is -0.0000126 e. The Balaban J connectivity index is 3.04. The second-order valence-electron chi connectivity index (χ2n) is 7.39. The Bertz CT molecular complexity index is 167. The van der Waals surface area contributed by atoms with Gasteiger partial charge in [-0.3, -0.25) is 0 Å². The normalized spacial score (nSPS) is 12.3. The lowest BCUT2D eigenvalue weighted by atomic mass is 9.97. The first-order valence-electron chi connectivity index (χ1n) is 8.12. The van der Waals surface area contributed by atoms with E-state index in [1.807, 2.05) is 0 Å². The minimum Gasteiger partial charge on any atom is -0.316 e. The molecule has 1 nitrogen and oxygen atoms in total. The summed E-state index contributed by atoms with van der Waals surface area (Å²) < 4.78 is 0. The molecule has 0 saturated heterocycles. The molecule has 18 heavy (non-hydrogen) atoms. The summed E-state index contributed by atoms with van der Waals surface area (Å²) in [6, 6.07) is 0. The predicted molar refractivity (Wildman–Crippen MR) is 84.1 cm³/mol.